The highest BCUT2D eigenvalue weighted by atomic mass is 16.6. The highest BCUT2D eigenvalue weighted by Gasteiger charge is 2.33. The van der Waals surface area contributed by atoms with Crippen molar-refractivity contribution >= 4 is 17.7 Å². The quantitative estimate of drug-likeness (QED) is 0.226. The molecule has 2 amide bonds. The second-order valence-electron chi connectivity index (χ2n) is 14.3. The van der Waals surface area contributed by atoms with Gasteiger partial charge in [-0.3, -0.25) is 9.48 Å². The number of aromatic nitrogens is 2. The molecule has 0 atom stereocenters. The SMILES string of the molecule is COc1ccc(C2CCC(CN(C(=O)C3CCC(CNC(=O)OC(C)C)CC3)c3cccc(-c4cnn(C(C)C)c4)c3)CC2)cc1C. The molecular formula is C39H54N4O4. The van der Waals surface area contributed by atoms with Crippen LogP contribution in [0.4, 0.5) is 10.5 Å². The van der Waals surface area contributed by atoms with Gasteiger partial charge in [0.15, 0.2) is 0 Å². The highest BCUT2D eigenvalue weighted by molar-refractivity contribution is 5.95. The molecule has 2 aliphatic rings. The zero-order chi connectivity index (χ0) is 33.5. The molecule has 2 aromatic carbocycles. The molecule has 0 saturated heterocycles. The predicted octanol–water partition coefficient (Wildman–Crippen LogP) is 8.70. The average Bonchev–Trinajstić information content (AvgIpc) is 3.57. The Morgan fingerprint density at radius 3 is 2.30 bits per heavy atom. The van der Waals surface area contributed by atoms with Crippen LogP contribution in [0.3, 0.4) is 0 Å². The number of hydrogen-bond acceptors (Lipinski definition) is 5. The van der Waals surface area contributed by atoms with E-state index < -0.39 is 0 Å². The number of nitrogens with zero attached hydrogens (tertiary/aromatic N) is 3. The number of nitrogens with one attached hydrogen (secondary N) is 1. The number of benzene rings is 2. The van der Waals surface area contributed by atoms with Gasteiger partial charge in [0.2, 0.25) is 5.91 Å². The maximum absolute atomic E-state index is 14.4. The van der Waals surface area contributed by atoms with Crippen molar-refractivity contribution in [2.24, 2.45) is 17.8 Å². The van der Waals surface area contributed by atoms with E-state index >= 15 is 0 Å². The van der Waals surface area contributed by atoms with Crippen molar-refractivity contribution < 1.29 is 19.1 Å². The van der Waals surface area contributed by atoms with Crippen molar-refractivity contribution in [3.05, 3.63) is 66.0 Å². The van der Waals surface area contributed by atoms with E-state index in [1.54, 1.807) is 7.11 Å². The molecule has 8 nitrogen and oxygen atoms in total. The van der Waals surface area contributed by atoms with E-state index in [0.29, 0.717) is 24.3 Å². The van der Waals surface area contributed by atoms with E-state index in [9.17, 15) is 9.59 Å². The van der Waals surface area contributed by atoms with Crippen LogP contribution in [-0.4, -0.2) is 48.1 Å². The monoisotopic (exact) mass is 642 g/mol. The Morgan fingerprint density at radius 1 is 0.936 bits per heavy atom. The zero-order valence-corrected chi connectivity index (χ0v) is 29.2. The Hall–Kier alpha value is -3.81. The number of carbonyl (C=O) groups is 2. The molecule has 1 aromatic heterocycles. The van der Waals surface area contributed by atoms with Crippen LogP contribution in [0.5, 0.6) is 5.75 Å². The summed E-state index contributed by atoms with van der Waals surface area (Å²) in [4.78, 5) is 28.5. The maximum Gasteiger partial charge on any atom is 0.407 e. The van der Waals surface area contributed by atoms with E-state index in [0.717, 1.165) is 80.5 Å². The standard InChI is InChI=1S/C39H54N4O4/c1-26(2)43-25-35(23-41-43)33-8-7-9-36(21-33)42(38(44)32-16-10-29(11-17-32)22-40-39(45)47-27(3)4)24-30-12-14-31(15-13-30)34-18-19-37(46-6)28(5)20-34/h7-9,18-21,23,25-27,29-32H,10-17,22,24H2,1-6H3,(H,40,45). The third-order valence-electron chi connectivity index (χ3n) is 10.1. The van der Waals surface area contributed by atoms with Gasteiger partial charge in [0.05, 0.1) is 19.4 Å². The summed E-state index contributed by atoms with van der Waals surface area (Å²) in [5.74, 6) is 2.52. The maximum atomic E-state index is 14.4. The molecule has 0 spiro atoms. The van der Waals surface area contributed by atoms with Crippen LogP contribution < -0.4 is 15.0 Å². The van der Waals surface area contributed by atoms with E-state index in [2.05, 4.69) is 84.7 Å². The second kappa shape index (κ2) is 15.9. The molecule has 8 heteroatoms. The molecule has 0 radical (unpaired) electrons. The Balaban J connectivity index is 1.28. The summed E-state index contributed by atoms with van der Waals surface area (Å²) in [6.45, 7) is 11.4. The lowest BCUT2D eigenvalue weighted by atomic mass is 9.77. The van der Waals surface area contributed by atoms with Gasteiger partial charge in [-0.05, 0) is 139 Å². The van der Waals surface area contributed by atoms with Gasteiger partial charge in [-0.2, -0.15) is 5.10 Å². The van der Waals surface area contributed by atoms with Crippen molar-refractivity contribution in [2.75, 3.05) is 25.1 Å². The number of amides is 2. The molecular weight excluding hydrogens is 588 g/mol. The van der Waals surface area contributed by atoms with Crippen LogP contribution in [0.1, 0.15) is 102 Å². The van der Waals surface area contributed by atoms with Crippen LogP contribution in [0.2, 0.25) is 0 Å². The highest BCUT2D eigenvalue weighted by Crippen LogP contribution is 2.39. The number of methoxy groups -OCH3 is 1. The Morgan fingerprint density at radius 2 is 1.66 bits per heavy atom. The van der Waals surface area contributed by atoms with Crippen molar-refractivity contribution in [3.63, 3.8) is 0 Å². The first-order chi connectivity index (χ1) is 22.6. The van der Waals surface area contributed by atoms with Gasteiger partial charge in [0, 0.05) is 42.5 Å². The minimum Gasteiger partial charge on any atom is -0.496 e. The summed E-state index contributed by atoms with van der Waals surface area (Å²) in [6, 6.07) is 15.3. The summed E-state index contributed by atoms with van der Waals surface area (Å²) in [6.07, 6.45) is 11.5. The summed E-state index contributed by atoms with van der Waals surface area (Å²) in [7, 11) is 1.73. The lowest BCUT2D eigenvalue weighted by Crippen LogP contribution is -2.42. The molecule has 0 unspecified atom stereocenters. The van der Waals surface area contributed by atoms with Gasteiger partial charge in [0.25, 0.3) is 0 Å². The fourth-order valence-corrected chi connectivity index (χ4v) is 7.35. The molecule has 3 aromatic rings. The average molecular weight is 643 g/mol. The Kier molecular flexibility index (Phi) is 11.6. The number of alkyl carbamates (subject to hydrolysis) is 1. The Bertz CT molecular complexity index is 1480. The fourth-order valence-electron chi connectivity index (χ4n) is 7.35. The molecule has 2 saturated carbocycles. The van der Waals surface area contributed by atoms with Crippen LogP contribution in [0, 0.1) is 24.7 Å². The van der Waals surface area contributed by atoms with Gasteiger partial charge in [0.1, 0.15) is 5.75 Å². The number of aryl methyl sites for hydroxylation is 1. The van der Waals surface area contributed by atoms with E-state index in [-0.39, 0.29) is 30.1 Å². The molecule has 47 heavy (non-hydrogen) atoms. The summed E-state index contributed by atoms with van der Waals surface area (Å²) in [5.41, 5.74) is 5.69. The van der Waals surface area contributed by atoms with Crippen LogP contribution in [-0.2, 0) is 9.53 Å². The Labute approximate surface area is 281 Å². The fraction of sp³-hybridized carbons (Fsp3) is 0.564. The smallest absolute Gasteiger partial charge is 0.407 e. The first kappa shape index (κ1) is 34.5. The minimum absolute atomic E-state index is 0.0140. The predicted molar refractivity (Wildman–Crippen MR) is 188 cm³/mol. The van der Waals surface area contributed by atoms with Gasteiger partial charge in [-0.25, -0.2) is 4.79 Å². The molecule has 1 heterocycles. The van der Waals surface area contributed by atoms with Crippen molar-refractivity contribution in [2.45, 2.75) is 104 Å². The molecule has 0 bridgehead atoms. The number of hydrogen-bond donors (Lipinski definition) is 1. The van der Waals surface area contributed by atoms with Gasteiger partial charge >= 0.3 is 6.09 Å². The molecule has 1 N–H and O–H groups in total. The molecule has 254 valence electrons. The molecule has 0 aliphatic heterocycles. The molecule has 5 rings (SSSR count). The topological polar surface area (TPSA) is 85.7 Å². The van der Waals surface area contributed by atoms with E-state index in [4.69, 9.17) is 9.47 Å². The number of rotatable bonds is 11. The normalized spacial score (nSPS) is 21.4. The third-order valence-corrected chi connectivity index (χ3v) is 10.1. The van der Waals surface area contributed by atoms with Crippen molar-refractivity contribution in [3.8, 4) is 16.9 Å². The molecule has 2 fully saturated rings. The van der Waals surface area contributed by atoms with E-state index in [1.807, 2.05) is 24.7 Å². The second-order valence-corrected chi connectivity index (χ2v) is 14.3. The largest absolute Gasteiger partial charge is 0.496 e. The lowest BCUT2D eigenvalue weighted by Gasteiger charge is -2.36. The van der Waals surface area contributed by atoms with Crippen molar-refractivity contribution in [1.82, 2.24) is 15.1 Å². The zero-order valence-electron chi connectivity index (χ0n) is 29.2. The third kappa shape index (κ3) is 8.96. The molecule has 2 aliphatic carbocycles. The van der Waals surface area contributed by atoms with Crippen LogP contribution in [0.15, 0.2) is 54.9 Å². The summed E-state index contributed by atoms with van der Waals surface area (Å²) in [5, 5.41) is 7.47. The van der Waals surface area contributed by atoms with Gasteiger partial charge < -0.3 is 19.7 Å². The van der Waals surface area contributed by atoms with Crippen molar-refractivity contribution in [1.29, 1.82) is 0 Å². The number of anilines is 1. The number of carbonyl (C=O) groups excluding carboxylic acids is 2. The van der Waals surface area contributed by atoms with E-state index in [1.165, 1.54) is 11.1 Å². The number of ether oxygens (including phenoxy) is 2. The lowest BCUT2D eigenvalue weighted by molar-refractivity contribution is -0.123. The first-order valence-electron chi connectivity index (χ1n) is 17.7. The van der Waals surface area contributed by atoms with Gasteiger partial charge in [-0.15, -0.1) is 0 Å². The first-order valence-corrected chi connectivity index (χ1v) is 17.7. The summed E-state index contributed by atoms with van der Waals surface area (Å²) >= 11 is 0. The summed E-state index contributed by atoms with van der Waals surface area (Å²) < 4.78 is 12.7. The van der Waals surface area contributed by atoms with Gasteiger partial charge in [-0.1, -0.05) is 24.3 Å². The minimum atomic E-state index is -0.361. The van der Waals surface area contributed by atoms with Crippen LogP contribution >= 0.6 is 0 Å². The van der Waals surface area contributed by atoms with Crippen LogP contribution in [0.25, 0.3) is 11.1 Å².